The maximum Gasteiger partial charge on any atom is 0.306 e. The zero-order valence-corrected chi connectivity index (χ0v) is 11.7. The minimum Gasteiger partial charge on any atom is -0.462 e. The molecule has 2 aliphatic rings. The van der Waals surface area contributed by atoms with E-state index in [1.807, 2.05) is 13.0 Å². The van der Waals surface area contributed by atoms with E-state index in [4.69, 9.17) is 4.74 Å². The molecule has 1 fully saturated rings. The van der Waals surface area contributed by atoms with Gasteiger partial charge < -0.3 is 4.74 Å². The van der Waals surface area contributed by atoms with E-state index in [9.17, 15) is 9.59 Å². The fourth-order valence-corrected chi connectivity index (χ4v) is 2.71. The van der Waals surface area contributed by atoms with Crippen LogP contribution in [-0.4, -0.2) is 17.9 Å². The van der Waals surface area contributed by atoms with E-state index >= 15 is 0 Å². The molecular weight excluding hydrogens is 240 g/mol. The van der Waals surface area contributed by atoms with Gasteiger partial charge in [0.15, 0.2) is 5.78 Å². The summed E-state index contributed by atoms with van der Waals surface area (Å²) in [5.41, 5.74) is 0.845. The van der Waals surface area contributed by atoms with E-state index in [1.165, 1.54) is 0 Å². The molecule has 3 atom stereocenters. The number of fused-ring (bicyclic) bond motifs is 1. The van der Waals surface area contributed by atoms with Crippen LogP contribution in [0.5, 0.6) is 0 Å². The first-order chi connectivity index (χ1) is 9.06. The van der Waals surface area contributed by atoms with Crippen LogP contribution in [0.1, 0.15) is 46.0 Å². The van der Waals surface area contributed by atoms with E-state index in [-0.39, 0.29) is 23.8 Å². The summed E-state index contributed by atoms with van der Waals surface area (Å²) in [6.45, 7) is 4.07. The fourth-order valence-electron chi connectivity index (χ4n) is 2.71. The lowest BCUT2D eigenvalue weighted by molar-refractivity contribution is -0.142. The largest absolute Gasteiger partial charge is 0.462 e. The number of allylic oxidation sites excluding steroid dienone is 2. The Morgan fingerprint density at radius 3 is 2.63 bits per heavy atom. The first-order valence-corrected chi connectivity index (χ1v) is 6.79. The van der Waals surface area contributed by atoms with Gasteiger partial charge in [-0.15, -0.1) is 12.8 Å². The highest BCUT2D eigenvalue weighted by molar-refractivity contribution is 5.95. The molecule has 0 saturated carbocycles. The van der Waals surface area contributed by atoms with Crippen LogP contribution in [0.2, 0.25) is 0 Å². The molecule has 0 aromatic heterocycles. The van der Waals surface area contributed by atoms with E-state index in [0.717, 1.165) is 24.8 Å². The molecule has 0 radical (unpaired) electrons. The summed E-state index contributed by atoms with van der Waals surface area (Å²) in [5, 5.41) is 0. The average Bonchev–Trinajstić information content (AvgIpc) is 2.71. The lowest BCUT2D eigenvalue weighted by atomic mass is 9.85. The summed E-state index contributed by atoms with van der Waals surface area (Å²) in [6, 6.07) is 0. The molecule has 3 nitrogen and oxygen atoms in total. The van der Waals surface area contributed by atoms with E-state index in [2.05, 4.69) is 19.8 Å². The number of carbonyl (C=O) groups excluding carboxylic acids is 2. The van der Waals surface area contributed by atoms with Gasteiger partial charge in [0.25, 0.3) is 0 Å². The van der Waals surface area contributed by atoms with Crippen LogP contribution in [0.3, 0.4) is 0 Å². The number of rotatable bonds is 0. The molecule has 1 aliphatic carbocycles. The summed E-state index contributed by atoms with van der Waals surface area (Å²) >= 11 is 0. The van der Waals surface area contributed by atoms with Crippen LogP contribution in [0.4, 0.5) is 0 Å². The smallest absolute Gasteiger partial charge is 0.306 e. The molecule has 3 heteroatoms. The lowest BCUT2D eigenvalue weighted by Crippen LogP contribution is -2.23. The number of ketones is 1. The van der Waals surface area contributed by atoms with Crippen molar-refractivity contribution < 1.29 is 14.3 Å². The van der Waals surface area contributed by atoms with Crippen LogP contribution in [0.15, 0.2) is 11.6 Å². The predicted molar refractivity (Wildman–Crippen MR) is 74.3 cm³/mol. The van der Waals surface area contributed by atoms with Crippen LogP contribution in [-0.2, 0) is 14.3 Å². The Morgan fingerprint density at radius 1 is 1.26 bits per heavy atom. The number of ether oxygens (including phenoxy) is 1. The van der Waals surface area contributed by atoms with Crippen molar-refractivity contribution in [3.05, 3.63) is 11.6 Å². The molecule has 1 saturated heterocycles. The molecule has 0 N–H and O–H groups in total. The van der Waals surface area contributed by atoms with Gasteiger partial charge in [0.05, 0.1) is 6.42 Å². The molecule has 0 bridgehead atoms. The Kier molecular flexibility index (Phi) is 5.82. The van der Waals surface area contributed by atoms with Crippen molar-refractivity contribution in [3.63, 3.8) is 0 Å². The van der Waals surface area contributed by atoms with Gasteiger partial charge in [-0.1, -0.05) is 13.0 Å². The average molecular weight is 262 g/mol. The van der Waals surface area contributed by atoms with Crippen LogP contribution in [0.25, 0.3) is 0 Å². The maximum absolute atomic E-state index is 11.9. The zero-order chi connectivity index (χ0) is 14.4. The second-order valence-electron chi connectivity index (χ2n) is 5.43. The van der Waals surface area contributed by atoms with Crippen molar-refractivity contribution >= 4 is 11.8 Å². The molecule has 3 unspecified atom stereocenters. The van der Waals surface area contributed by atoms with Crippen LogP contribution in [0, 0.1) is 24.7 Å². The van der Waals surface area contributed by atoms with Gasteiger partial charge in [-0.25, -0.2) is 0 Å². The van der Waals surface area contributed by atoms with Crippen molar-refractivity contribution in [3.8, 4) is 12.8 Å². The molecule has 0 spiro atoms. The Hall–Kier alpha value is -1.56. The number of hydrogen-bond acceptors (Lipinski definition) is 3. The summed E-state index contributed by atoms with van der Waals surface area (Å²) in [5.74, 6) is 0.679. The van der Waals surface area contributed by atoms with Gasteiger partial charge in [-0.05, 0) is 37.7 Å². The highest BCUT2D eigenvalue weighted by Crippen LogP contribution is 2.32. The van der Waals surface area contributed by atoms with Gasteiger partial charge >= 0.3 is 5.97 Å². The Labute approximate surface area is 115 Å². The first-order valence-electron chi connectivity index (χ1n) is 6.79. The SMILES string of the molecule is C#C.CC1=CCCC(C)CC2OC(=O)CC2CC1=O. The van der Waals surface area contributed by atoms with Gasteiger partial charge in [0.1, 0.15) is 6.10 Å². The molecule has 2 rings (SSSR count). The Balaban J connectivity index is 0.000000861. The van der Waals surface area contributed by atoms with Gasteiger partial charge in [0, 0.05) is 12.3 Å². The first kappa shape index (κ1) is 15.5. The zero-order valence-electron chi connectivity index (χ0n) is 11.7. The van der Waals surface area contributed by atoms with Gasteiger partial charge in [0.2, 0.25) is 0 Å². The fraction of sp³-hybridized carbons (Fsp3) is 0.625. The van der Waals surface area contributed by atoms with Crippen molar-refractivity contribution in [1.82, 2.24) is 0 Å². The van der Waals surface area contributed by atoms with E-state index in [1.54, 1.807) is 0 Å². The normalized spacial score (nSPS) is 31.4. The number of hydrogen-bond donors (Lipinski definition) is 0. The molecule has 0 amide bonds. The number of esters is 1. The van der Waals surface area contributed by atoms with Gasteiger partial charge in [-0.3, -0.25) is 9.59 Å². The quantitative estimate of drug-likeness (QED) is 0.498. The summed E-state index contributed by atoms with van der Waals surface area (Å²) in [4.78, 5) is 23.3. The van der Waals surface area contributed by atoms with Gasteiger partial charge in [-0.2, -0.15) is 0 Å². The predicted octanol–water partition coefficient (Wildman–Crippen LogP) is 2.89. The molecule has 0 aromatic carbocycles. The van der Waals surface area contributed by atoms with Crippen molar-refractivity contribution in [2.24, 2.45) is 11.8 Å². The monoisotopic (exact) mass is 262 g/mol. The lowest BCUT2D eigenvalue weighted by Gasteiger charge is -2.22. The maximum atomic E-state index is 11.9. The molecule has 19 heavy (non-hydrogen) atoms. The molecule has 1 aliphatic heterocycles. The highest BCUT2D eigenvalue weighted by Gasteiger charge is 2.37. The highest BCUT2D eigenvalue weighted by atomic mass is 16.5. The third-order valence-corrected chi connectivity index (χ3v) is 3.87. The molecular formula is C16H22O3. The minimum atomic E-state index is -0.138. The second-order valence-corrected chi connectivity index (χ2v) is 5.43. The topological polar surface area (TPSA) is 43.4 Å². The standard InChI is InChI=1S/C14H20O3.C2H2/c1-9-4-3-5-10(2)12(15)7-11-8-14(16)17-13(11)6-9;1-2/h5,9,11,13H,3-4,6-8H2,1-2H3;1-2H. The second kappa shape index (κ2) is 7.13. The van der Waals surface area contributed by atoms with E-state index < -0.39 is 0 Å². The Morgan fingerprint density at radius 2 is 1.95 bits per heavy atom. The van der Waals surface area contributed by atoms with Crippen LogP contribution >= 0.6 is 0 Å². The number of terminal acetylenes is 1. The summed E-state index contributed by atoms with van der Waals surface area (Å²) in [7, 11) is 0. The Bertz CT molecular complexity index is 392. The molecule has 1 heterocycles. The minimum absolute atomic E-state index is 0.0349. The van der Waals surface area contributed by atoms with Crippen molar-refractivity contribution in [2.75, 3.05) is 0 Å². The van der Waals surface area contributed by atoms with Crippen molar-refractivity contribution in [2.45, 2.75) is 52.1 Å². The third kappa shape index (κ3) is 4.24. The summed E-state index contributed by atoms with van der Waals surface area (Å²) in [6.07, 6.45) is 13.8. The molecule has 104 valence electrons. The summed E-state index contributed by atoms with van der Waals surface area (Å²) < 4.78 is 5.34. The van der Waals surface area contributed by atoms with Crippen molar-refractivity contribution in [1.29, 1.82) is 0 Å². The van der Waals surface area contributed by atoms with Crippen LogP contribution < -0.4 is 0 Å². The number of carbonyl (C=O) groups is 2. The third-order valence-electron chi connectivity index (χ3n) is 3.87. The molecule has 0 aromatic rings. The van der Waals surface area contributed by atoms with E-state index in [0.29, 0.717) is 18.8 Å². The number of Topliss-reactive ketones (excluding diaryl/α,β-unsaturated/α-hetero) is 1.